The second-order valence-electron chi connectivity index (χ2n) is 7.51. The summed E-state index contributed by atoms with van der Waals surface area (Å²) in [6.45, 7) is 6.97. The summed E-state index contributed by atoms with van der Waals surface area (Å²) in [7, 11) is -3.29. The number of hydrogen-bond donors (Lipinski definition) is 0. The van der Waals surface area contributed by atoms with E-state index in [1.165, 1.54) is 10.6 Å². The molecule has 1 saturated heterocycles. The number of nitrogens with zero attached hydrogens (tertiary/aromatic N) is 3. The van der Waals surface area contributed by atoms with Crippen LogP contribution >= 0.6 is 0 Å². The molecule has 0 N–H and O–H groups in total. The Morgan fingerprint density at radius 2 is 1.75 bits per heavy atom. The highest BCUT2D eigenvalue weighted by atomic mass is 32.2. The number of benzene rings is 1. The van der Waals surface area contributed by atoms with Gasteiger partial charge in [-0.05, 0) is 56.9 Å². The lowest BCUT2D eigenvalue weighted by Gasteiger charge is -2.33. The molecule has 3 rings (SSSR count). The number of carbonyl (C=O) groups is 2. The number of carbonyl (C=O) groups excluding carboxylic acids is 2. The van der Waals surface area contributed by atoms with Gasteiger partial charge in [-0.1, -0.05) is 0 Å². The van der Waals surface area contributed by atoms with Crippen LogP contribution in [0.15, 0.2) is 18.2 Å². The Balaban J connectivity index is 1.66. The average molecular weight is 408 g/mol. The number of rotatable bonds is 5. The van der Waals surface area contributed by atoms with Crippen molar-refractivity contribution in [3.63, 3.8) is 0 Å². The fourth-order valence-electron chi connectivity index (χ4n) is 4.15. The molecule has 7 nitrogen and oxygen atoms in total. The lowest BCUT2D eigenvalue weighted by molar-refractivity contribution is -0.136. The summed E-state index contributed by atoms with van der Waals surface area (Å²) in [5.41, 5.74) is 2.15. The van der Waals surface area contributed by atoms with Crippen molar-refractivity contribution in [1.82, 2.24) is 9.80 Å². The molecule has 28 heavy (non-hydrogen) atoms. The molecule has 0 unspecified atom stereocenters. The van der Waals surface area contributed by atoms with E-state index in [9.17, 15) is 18.0 Å². The summed E-state index contributed by atoms with van der Waals surface area (Å²) in [5.74, 6) is 0.136. The first-order valence-corrected chi connectivity index (χ1v) is 11.8. The van der Waals surface area contributed by atoms with Gasteiger partial charge in [0.2, 0.25) is 15.9 Å². The van der Waals surface area contributed by atoms with Crippen molar-refractivity contribution in [2.45, 2.75) is 33.1 Å². The van der Waals surface area contributed by atoms with Crippen molar-refractivity contribution in [3.05, 3.63) is 29.3 Å². The van der Waals surface area contributed by atoms with Gasteiger partial charge in [0.25, 0.3) is 5.91 Å². The Morgan fingerprint density at radius 3 is 2.32 bits per heavy atom. The van der Waals surface area contributed by atoms with Crippen LogP contribution in [0.2, 0.25) is 0 Å². The third-order valence-electron chi connectivity index (χ3n) is 5.79. The van der Waals surface area contributed by atoms with Crippen molar-refractivity contribution in [1.29, 1.82) is 0 Å². The summed E-state index contributed by atoms with van der Waals surface area (Å²) >= 11 is 0. The van der Waals surface area contributed by atoms with Crippen LogP contribution in [0.5, 0.6) is 0 Å². The minimum absolute atomic E-state index is 0.00714. The van der Waals surface area contributed by atoms with Crippen molar-refractivity contribution in [2.24, 2.45) is 5.92 Å². The van der Waals surface area contributed by atoms with Crippen LogP contribution in [-0.2, 0) is 21.2 Å². The van der Waals surface area contributed by atoms with E-state index in [0.717, 1.165) is 5.56 Å². The number of sulfonamides is 1. The third-order valence-corrected chi connectivity index (χ3v) is 6.97. The molecule has 0 bridgehead atoms. The second-order valence-corrected chi connectivity index (χ2v) is 9.41. The van der Waals surface area contributed by atoms with Gasteiger partial charge in [-0.15, -0.1) is 0 Å². The van der Waals surface area contributed by atoms with Gasteiger partial charge in [0.15, 0.2) is 0 Å². The van der Waals surface area contributed by atoms with E-state index in [2.05, 4.69) is 0 Å². The molecule has 1 fully saturated rings. The van der Waals surface area contributed by atoms with E-state index in [1.54, 1.807) is 17.0 Å². The second kappa shape index (κ2) is 8.11. The summed E-state index contributed by atoms with van der Waals surface area (Å²) < 4.78 is 25.1. The first-order chi connectivity index (χ1) is 13.3. The Labute approximate surface area is 167 Å². The van der Waals surface area contributed by atoms with Gasteiger partial charge >= 0.3 is 0 Å². The first kappa shape index (κ1) is 20.6. The van der Waals surface area contributed by atoms with Crippen molar-refractivity contribution in [3.8, 4) is 0 Å². The molecular formula is C20H29N3O4S. The first-order valence-electron chi connectivity index (χ1n) is 9.95. The van der Waals surface area contributed by atoms with Gasteiger partial charge in [0, 0.05) is 44.2 Å². The van der Waals surface area contributed by atoms with Crippen LogP contribution in [-0.4, -0.2) is 69.0 Å². The molecular weight excluding hydrogens is 378 g/mol. The molecule has 8 heteroatoms. The Hall–Kier alpha value is -2.09. The van der Waals surface area contributed by atoms with Crippen molar-refractivity contribution >= 4 is 27.5 Å². The zero-order chi connectivity index (χ0) is 20.5. The molecule has 154 valence electrons. The SMILES string of the molecule is CCN(CC)C(=O)C1CCN(C(=O)c2ccc3c(c2)CCN3S(C)(=O)=O)CC1. The molecule has 0 atom stereocenters. The van der Waals surface area contributed by atoms with Crippen LogP contribution < -0.4 is 4.31 Å². The summed E-state index contributed by atoms with van der Waals surface area (Å²) in [4.78, 5) is 29.1. The minimum atomic E-state index is -3.29. The van der Waals surface area contributed by atoms with Gasteiger partial charge < -0.3 is 9.80 Å². The quantitative estimate of drug-likeness (QED) is 0.745. The molecule has 1 aromatic rings. The van der Waals surface area contributed by atoms with Gasteiger partial charge in [0.1, 0.15) is 0 Å². The van der Waals surface area contributed by atoms with E-state index in [-0.39, 0.29) is 17.7 Å². The number of likely N-dealkylation sites (tertiary alicyclic amines) is 1. The molecule has 0 spiro atoms. The third kappa shape index (κ3) is 4.01. The molecule has 2 heterocycles. The van der Waals surface area contributed by atoms with Crippen molar-refractivity contribution < 1.29 is 18.0 Å². The van der Waals surface area contributed by atoms with E-state index >= 15 is 0 Å². The summed E-state index contributed by atoms with van der Waals surface area (Å²) in [5, 5.41) is 0. The smallest absolute Gasteiger partial charge is 0.253 e. The fraction of sp³-hybridized carbons (Fsp3) is 0.600. The highest BCUT2D eigenvalue weighted by Gasteiger charge is 2.31. The van der Waals surface area contributed by atoms with Crippen LogP contribution in [0.4, 0.5) is 5.69 Å². The molecule has 2 amide bonds. The lowest BCUT2D eigenvalue weighted by Crippen LogP contribution is -2.44. The maximum Gasteiger partial charge on any atom is 0.253 e. The molecule has 0 aromatic heterocycles. The van der Waals surface area contributed by atoms with Crippen LogP contribution in [0.3, 0.4) is 0 Å². The monoisotopic (exact) mass is 407 g/mol. The average Bonchev–Trinajstić information content (AvgIpc) is 3.12. The number of anilines is 1. The number of hydrogen-bond acceptors (Lipinski definition) is 4. The Bertz CT molecular complexity index is 856. The fourth-order valence-corrected chi connectivity index (χ4v) is 5.11. The predicted octanol–water partition coefficient (Wildman–Crippen LogP) is 1.73. The Kier molecular flexibility index (Phi) is 5.98. The Morgan fingerprint density at radius 1 is 1.11 bits per heavy atom. The van der Waals surface area contributed by atoms with E-state index in [1.807, 2.05) is 24.8 Å². The normalized spacial score (nSPS) is 17.5. The highest BCUT2D eigenvalue weighted by Crippen LogP contribution is 2.31. The van der Waals surface area contributed by atoms with E-state index in [4.69, 9.17) is 0 Å². The lowest BCUT2D eigenvalue weighted by atomic mass is 9.94. The molecule has 2 aliphatic rings. The summed E-state index contributed by atoms with van der Waals surface area (Å²) in [6, 6.07) is 5.25. The highest BCUT2D eigenvalue weighted by molar-refractivity contribution is 7.92. The van der Waals surface area contributed by atoms with Gasteiger partial charge in [0.05, 0.1) is 11.9 Å². The van der Waals surface area contributed by atoms with Gasteiger partial charge in [-0.25, -0.2) is 8.42 Å². The van der Waals surface area contributed by atoms with Crippen molar-refractivity contribution in [2.75, 3.05) is 43.3 Å². The van der Waals surface area contributed by atoms with Crippen LogP contribution in [0, 0.1) is 5.92 Å². The predicted molar refractivity (Wildman–Crippen MR) is 109 cm³/mol. The summed E-state index contributed by atoms with van der Waals surface area (Å²) in [6.07, 6.45) is 3.19. The molecule has 2 aliphatic heterocycles. The van der Waals surface area contributed by atoms with E-state index < -0.39 is 10.0 Å². The minimum Gasteiger partial charge on any atom is -0.343 e. The zero-order valence-corrected chi connectivity index (χ0v) is 17.7. The topological polar surface area (TPSA) is 78.0 Å². The zero-order valence-electron chi connectivity index (χ0n) is 16.8. The largest absolute Gasteiger partial charge is 0.343 e. The van der Waals surface area contributed by atoms with Crippen LogP contribution in [0.1, 0.15) is 42.6 Å². The number of fused-ring (bicyclic) bond motifs is 1. The molecule has 1 aromatic carbocycles. The maximum atomic E-state index is 12.9. The van der Waals surface area contributed by atoms with Crippen LogP contribution in [0.25, 0.3) is 0 Å². The number of amides is 2. The standard InChI is InChI=1S/C20H29N3O4S/c1-4-21(5-2)19(24)15-8-11-22(12-9-15)20(25)17-6-7-18-16(14-17)10-13-23(18)28(3,26)27/h6-7,14-15H,4-5,8-13H2,1-3H3. The molecule has 0 aliphatic carbocycles. The maximum absolute atomic E-state index is 12.9. The van der Waals surface area contributed by atoms with E-state index in [0.29, 0.717) is 63.2 Å². The molecule has 0 radical (unpaired) electrons. The number of piperidine rings is 1. The van der Waals surface area contributed by atoms with Gasteiger partial charge in [-0.3, -0.25) is 13.9 Å². The molecule has 0 saturated carbocycles. The van der Waals surface area contributed by atoms with Gasteiger partial charge in [-0.2, -0.15) is 0 Å².